The molecule has 28 heavy (non-hydrogen) atoms. The fourth-order valence-electron chi connectivity index (χ4n) is 3.72. The Bertz CT molecular complexity index is 1440. The maximum Gasteiger partial charge on any atom is 0.342 e. The molecular weight excluding hydrogens is 398 g/mol. The van der Waals surface area contributed by atoms with Gasteiger partial charge in [-0.1, -0.05) is 35.9 Å². The van der Waals surface area contributed by atoms with Crippen molar-refractivity contribution in [1.29, 1.82) is 0 Å². The average Bonchev–Trinajstić information content (AvgIpc) is 2.66. The van der Waals surface area contributed by atoms with Gasteiger partial charge in [0.15, 0.2) is 4.77 Å². The first-order valence-electron chi connectivity index (χ1n) is 8.47. The van der Waals surface area contributed by atoms with Crippen molar-refractivity contribution in [3.8, 4) is 0 Å². The summed E-state index contributed by atoms with van der Waals surface area (Å²) in [6.07, 6.45) is 0. The summed E-state index contributed by atoms with van der Waals surface area (Å²) < 4.78 is 5.74. The van der Waals surface area contributed by atoms with Crippen LogP contribution in [0.1, 0.15) is 22.6 Å². The van der Waals surface area contributed by atoms with Crippen LogP contribution in [-0.4, -0.2) is 9.97 Å². The van der Waals surface area contributed by atoms with E-state index in [1.165, 1.54) is 0 Å². The van der Waals surface area contributed by atoms with Gasteiger partial charge in [0, 0.05) is 10.4 Å². The lowest BCUT2D eigenvalue weighted by Gasteiger charge is -2.28. The number of aromatic nitrogens is 2. The molecule has 1 unspecified atom stereocenters. The summed E-state index contributed by atoms with van der Waals surface area (Å²) in [5.74, 6) is -0.219. The molecule has 8 heteroatoms. The Kier molecular flexibility index (Phi) is 3.75. The van der Waals surface area contributed by atoms with Crippen molar-refractivity contribution in [1.82, 2.24) is 9.97 Å². The van der Waals surface area contributed by atoms with E-state index in [9.17, 15) is 9.59 Å². The lowest BCUT2D eigenvalue weighted by molar-refractivity contribution is 0.548. The number of rotatable bonds is 1. The van der Waals surface area contributed by atoms with E-state index in [1.54, 1.807) is 30.3 Å². The van der Waals surface area contributed by atoms with Crippen LogP contribution in [0.25, 0.3) is 11.0 Å². The summed E-state index contributed by atoms with van der Waals surface area (Å²) >= 11 is 11.3. The van der Waals surface area contributed by atoms with Crippen molar-refractivity contribution >= 4 is 46.3 Å². The highest BCUT2D eigenvalue weighted by molar-refractivity contribution is 7.71. The molecule has 0 aliphatic carbocycles. The number of para-hydroxylation sites is 1. The van der Waals surface area contributed by atoms with Crippen LogP contribution in [0, 0.1) is 4.77 Å². The predicted octanol–water partition coefficient (Wildman–Crippen LogP) is 4.43. The van der Waals surface area contributed by atoms with E-state index >= 15 is 0 Å². The van der Waals surface area contributed by atoms with Crippen LogP contribution in [0.5, 0.6) is 0 Å². The Morgan fingerprint density at radius 3 is 2.64 bits per heavy atom. The van der Waals surface area contributed by atoms with Crippen molar-refractivity contribution in [2.45, 2.75) is 5.92 Å². The predicted molar refractivity (Wildman–Crippen MR) is 110 cm³/mol. The van der Waals surface area contributed by atoms with E-state index in [2.05, 4.69) is 15.3 Å². The Hall–Kier alpha value is -3.16. The maximum absolute atomic E-state index is 13.0. The summed E-state index contributed by atoms with van der Waals surface area (Å²) in [6, 6.07) is 14.3. The number of fused-ring (bicyclic) bond motifs is 4. The summed E-state index contributed by atoms with van der Waals surface area (Å²) in [6.45, 7) is 0. The van der Waals surface area contributed by atoms with E-state index < -0.39 is 11.5 Å². The second kappa shape index (κ2) is 6.19. The van der Waals surface area contributed by atoms with Crippen molar-refractivity contribution in [3.63, 3.8) is 0 Å². The van der Waals surface area contributed by atoms with Crippen LogP contribution in [0.4, 0.5) is 11.5 Å². The van der Waals surface area contributed by atoms with Gasteiger partial charge in [-0.25, -0.2) is 4.79 Å². The van der Waals surface area contributed by atoms with E-state index in [-0.39, 0.29) is 10.3 Å². The SMILES string of the molecule is O=c1[nH]c(=S)[nH]c2c1C(c1cccc(Cl)c1)c1c(c3ccccc3oc1=O)N2. The van der Waals surface area contributed by atoms with Crippen LogP contribution >= 0.6 is 23.8 Å². The molecule has 5 rings (SSSR count). The van der Waals surface area contributed by atoms with Gasteiger partial charge < -0.3 is 14.7 Å². The number of nitrogens with one attached hydrogen (secondary N) is 3. The van der Waals surface area contributed by atoms with Crippen molar-refractivity contribution in [3.05, 3.63) is 95.8 Å². The second-order valence-corrected chi connectivity index (χ2v) is 7.33. The molecule has 0 amide bonds. The summed E-state index contributed by atoms with van der Waals surface area (Å²) in [5.41, 5.74) is 1.55. The van der Waals surface area contributed by atoms with E-state index in [4.69, 9.17) is 28.2 Å². The number of anilines is 2. The summed E-state index contributed by atoms with van der Waals surface area (Å²) in [4.78, 5) is 31.3. The quantitative estimate of drug-likeness (QED) is 0.281. The van der Waals surface area contributed by atoms with Crippen LogP contribution in [-0.2, 0) is 0 Å². The van der Waals surface area contributed by atoms with Gasteiger partial charge in [0.1, 0.15) is 11.4 Å². The largest absolute Gasteiger partial charge is 0.422 e. The first-order chi connectivity index (χ1) is 13.5. The first-order valence-corrected chi connectivity index (χ1v) is 9.26. The zero-order chi connectivity index (χ0) is 19.4. The third-order valence-electron chi connectivity index (χ3n) is 4.84. The van der Waals surface area contributed by atoms with Gasteiger partial charge in [-0.15, -0.1) is 0 Å². The molecule has 2 aromatic carbocycles. The van der Waals surface area contributed by atoms with Crippen LogP contribution in [0.2, 0.25) is 5.02 Å². The van der Waals surface area contributed by atoms with Gasteiger partial charge in [0.2, 0.25) is 0 Å². The van der Waals surface area contributed by atoms with Gasteiger partial charge in [-0.05, 0) is 42.0 Å². The van der Waals surface area contributed by atoms with E-state index in [0.29, 0.717) is 38.8 Å². The summed E-state index contributed by atoms with van der Waals surface area (Å²) in [7, 11) is 0. The average molecular weight is 410 g/mol. The number of benzene rings is 2. The molecule has 138 valence electrons. The third-order valence-corrected chi connectivity index (χ3v) is 5.28. The molecule has 1 aliphatic rings. The highest BCUT2D eigenvalue weighted by Gasteiger charge is 2.34. The molecule has 3 heterocycles. The Morgan fingerprint density at radius 2 is 1.82 bits per heavy atom. The summed E-state index contributed by atoms with van der Waals surface area (Å²) in [5, 5.41) is 4.42. The monoisotopic (exact) mass is 409 g/mol. The zero-order valence-electron chi connectivity index (χ0n) is 14.2. The van der Waals surface area contributed by atoms with Crippen LogP contribution < -0.4 is 16.5 Å². The normalized spacial score (nSPS) is 15.0. The number of aromatic amines is 2. The van der Waals surface area contributed by atoms with Gasteiger partial charge in [-0.3, -0.25) is 9.78 Å². The molecule has 1 aliphatic heterocycles. The molecule has 4 aromatic rings. The minimum Gasteiger partial charge on any atom is -0.422 e. The smallest absolute Gasteiger partial charge is 0.342 e. The fraction of sp³-hybridized carbons (Fsp3) is 0.0500. The van der Waals surface area contributed by atoms with E-state index in [1.807, 2.05) is 18.2 Å². The minimum atomic E-state index is -0.665. The molecule has 0 saturated heterocycles. The highest BCUT2D eigenvalue weighted by atomic mass is 35.5. The molecule has 0 bridgehead atoms. The number of H-pyrrole nitrogens is 2. The lowest BCUT2D eigenvalue weighted by Crippen LogP contribution is -2.29. The Morgan fingerprint density at radius 1 is 1.00 bits per heavy atom. The third kappa shape index (κ3) is 2.51. The fourth-order valence-corrected chi connectivity index (χ4v) is 4.11. The molecule has 0 radical (unpaired) electrons. The molecule has 0 spiro atoms. The molecular formula is C20H12ClN3O3S. The molecule has 6 nitrogen and oxygen atoms in total. The van der Waals surface area contributed by atoms with Gasteiger partial charge in [0.25, 0.3) is 5.56 Å². The first kappa shape index (κ1) is 17.0. The molecule has 2 aromatic heterocycles. The second-order valence-electron chi connectivity index (χ2n) is 6.48. The molecule has 0 saturated carbocycles. The number of hydrogen-bond acceptors (Lipinski definition) is 5. The highest BCUT2D eigenvalue weighted by Crippen LogP contribution is 2.43. The number of hydrogen-bond donors (Lipinski definition) is 3. The Balaban J connectivity index is 1.94. The molecule has 1 atom stereocenters. The van der Waals surface area contributed by atoms with E-state index in [0.717, 1.165) is 5.39 Å². The minimum absolute atomic E-state index is 0.191. The number of halogens is 1. The van der Waals surface area contributed by atoms with Crippen molar-refractivity contribution in [2.75, 3.05) is 5.32 Å². The Labute approximate surface area is 167 Å². The molecule has 3 N–H and O–H groups in total. The van der Waals surface area contributed by atoms with Gasteiger partial charge in [-0.2, -0.15) is 0 Å². The van der Waals surface area contributed by atoms with Crippen molar-refractivity contribution in [2.24, 2.45) is 0 Å². The van der Waals surface area contributed by atoms with Crippen LogP contribution in [0.3, 0.4) is 0 Å². The topological polar surface area (TPSA) is 90.9 Å². The zero-order valence-corrected chi connectivity index (χ0v) is 15.8. The van der Waals surface area contributed by atoms with Gasteiger partial charge >= 0.3 is 5.63 Å². The van der Waals surface area contributed by atoms with Crippen LogP contribution in [0.15, 0.2) is 62.5 Å². The lowest BCUT2D eigenvalue weighted by atomic mass is 9.83. The molecule has 0 fully saturated rings. The van der Waals surface area contributed by atoms with Crippen molar-refractivity contribution < 1.29 is 4.42 Å². The van der Waals surface area contributed by atoms with Gasteiger partial charge in [0.05, 0.1) is 22.7 Å². The maximum atomic E-state index is 13.0. The standard InChI is InChI=1S/C20H12ClN3O3S/c21-10-5-3-4-9(8-10)13-14-16(11-6-1-2-7-12(11)27-19(14)26)22-17-15(13)18(25)24-20(28)23-17/h1-8,13H,(H3,22,23,24,25,28).